The van der Waals surface area contributed by atoms with Gasteiger partial charge >= 0.3 is 0 Å². The lowest BCUT2D eigenvalue weighted by Crippen LogP contribution is -2.39. The highest BCUT2D eigenvalue weighted by molar-refractivity contribution is 6.42. The Balaban J connectivity index is 2.00. The predicted molar refractivity (Wildman–Crippen MR) is 94.3 cm³/mol. The number of fused-ring (bicyclic) bond motifs is 1. The Morgan fingerprint density at radius 1 is 1.26 bits per heavy atom. The van der Waals surface area contributed by atoms with Crippen molar-refractivity contribution in [2.24, 2.45) is 11.7 Å². The topological polar surface area (TPSA) is 64.2 Å². The van der Waals surface area contributed by atoms with Gasteiger partial charge in [-0.1, -0.05) is 23.2 Å². The molecular formula is C16H20Cl2N4O. The number of piperidine rings is 1. The summed E-state index contributed by atoms with van der Waals surface area (Å²) in [7, 11) is 0. The highest BCUT2D eigenvalue weighted by atomic mass is 35.5. The molecule has 1 aliphatic heterocycles. The number of carbonyl (C=O) groups is 1. The molecule has 2 N–H and O–H groups in total. The van der Waals surface area contributed by atoms with Gasteiger partial charge in [-0.15, -0.1) is 0 Å². The maximum absolute atomic E-state index is 11.3. The lowest BCUT2D eigenvalue weighted by atomic mass is 9.96. The number of benzene rings is 1. The maximum Gasteiger partial charge on any atom is 0.220 e. The molecule has 0 spiro atoms. The summed E-state index contributed by atoms with van der Waals surface area (Å²) >= 11 is 12.3. The molecule has 0 aliphatic carbocycles. The van der Waals surface area contributed by atoms with Crippen LogP contribution in [0.25, 0.3) is 11.0 Å². The van der Waals surface area contributed by atoms with Crippen molar-refractivity contribution in [2.45, 2.75) is 32.7 Å². The zero-order valence-electron chi connectivity index (χ0n) is 13.2. The first-order valence-electron chi connectivity index (χ1n) is 7.79. The Morgan fingerprint density at radius 2 is 1.87 bits per heavy atom. The van der Waals surface area contributed by atoms with Crippen LogP contribution in [0.3, 0.4) is 0 Å². The molecule has 2 aromatic rings. The van der Waals surface area contributed by atoms with Gasteiger partial charge in [0.1, 0.15) is 0 Å². The number of nitrogens with zero attached hydrogens (tertiary/aromatic N) is 3. The number of rotatable bonds is 3. The summed E-state index contributed by atoms with van der Waals surface area (Å²) in [6.45, 7) is 5.77. The Bertz CT molecular complexity index is 748. The van der Waals surface area contributed by atoms with Crippen molar-refractivity contribution < 1.29 is 4.79 Å². The number of aromatic nitrogens is 2. The number of primary amides is 1. The predicted octanol–water partition coefficient (Wildman–Crippen LogP) is 3.63. The first-order valence-corrected chi connectivity index (χ1v) is 8.55. The molecule has 124 valence electrons. The molecule has 2 heterocycles. The van der Waals surface area contributed by atoms with Gasteiger partial charge in [0, 0.05) is 25.0 Å². The van der Waals surface area contributed by atoms with Gasteiger partial charge in [-0.3, -0.25) is 4.79 Å². The zero-order valence-corrected chi connectivity index (χ0v) is 14.7. The van der Waals surface area contributed by atoms with E-state index < -0.39 is 0 Å². The van der Waals surface area contributed by atoms with Crippen molar-refractivity contribution in [1.82, 2.24) is 9.55 Å². The van der Waals surface area contributed by atoms with Crippen LogP contribution in [0.4, 0.5) is 5.95 Å². The van der Waals surface area contributed by atoms with Crippen molar-refractivity contribution in [3.8, 4) is 0 Å². The fraction of sp³-hybridized carbons (Fsp3) is 0.500. The molecule has 0 radical (unpaired) electrons. The normalized spacial score (nSPS) is 16.5. The van der Waals surface area contributed by atoms with Gasteiger partial charge < -0.3 is 15.2 Å². The fourth-order valence-corrected chi connectivity index (χ4v) is 3.49. The van der Waals surface area contributed by atoms with E-state index in [1.807, 2.05) is 6.07 Å². The van der Waals surface area contributed by atoms with Crippen LogP contribution >= 0.6 is 23.2 Å². The molecule has 7 heteroatoms. The quantitative estimate of drug-likeness (QED) is 0.915. The molecule has 1 aromatic heterocycles. The SMILES string of the molecule is CC(C)n1c(N2CCC(C(N)=O)CC2)nc2cc(Cl)c(Cl)cc21. The molecule has 1 saturated heterocycles. The van der Waals surface area contributed by atoms with Gasteiger partial charge in [0.25, 0.3) is 0 Å². The van der Waals surface area contributed by atoms with Crippen molar-refractivity contribution in [2.75, 3.05) is 18.0 Å². The number of imidazole rings is 1. The van der Waals surface area contributed by atoms with Crippen molar-refractivity contribution in [1.29, 1.82) is 0 Å². The van der Waals surface area contributed by atoms with E-state index in [0.29, 0.717) is 10.0 Å². The smallest absolute Gasteiger partial charge is 0.220 e. The van der Waals surface area contributed by atoms with Gasteiger partial charge in [0.15, 0.2) is 0 Å². The highest BCUT2D eigenvalue weighted by Gasteiger charge is 2.27. The molecular weight excluding hydrogens is 335 g/mol. The van der Waals surface area contributed by atoms with Crippen LogP contribution in [0.1, 0.15) is 32.7 Å². The molecule has 1 amide bonds. The zero-order chi connectivity index (χ0) is 16.7. The third-order valence-corrected chi connectivity index (χ3v) is 5.13. The van der Waals surface area contributed by atoms with E-state index in [-0.39, 0.29) is 17.9 Å². The van der Waals surface area contributed by atoms with Crippen LogP contribution in [0, 0.1) is 5.92 Å². The molecule has 0 bridgehead atoms. The van der Waals surface area contributed by atoms with E-state index in [0.717, 1.165) is 42.9 Å². The van der Waals surface area contributed by atoms with Gasteiger partial charge in [0.05, 0.1) is 21.1 Å². The summed E-state index contributed by atoms with van der Waals surface area (Å²) in [5.41, 5.74) is 7.22. The lowest BCUT2D eigenvalue weighted by molar-refractivity contribution is -0.122. The van der Waals surface area contributed by atoms with E-state index in [4.69, 9.17) is 33.9 Å². The van der Waals surface area contributed by atoms with Crippen LogP contribution < -0.4 is 10.6 Å². The van der Waals surface area contributed by atoms with Crippen molar-refractivity contribution in [3.63, 3.8) is 0 Å². The number of hydrogen-bond acceptors (Lipinski definition) is 3. The lowest BCUT2D eigenvalue weighted by Gasteiger charge is -2.32. The van der Waals surface area contributed by atoms with E-state index in [9.17, 15) is 4.79 Å². The standard InChI is InChI=1S/C16H20Cl2N4O/c1-9(2)22-14-8-12(18)11(17)7-13(14)20-16(22)21-5-3-10(4-6-21)15(19)23/h7-10H,3-6H2,1-2H3,(H2,19,23). The molecule has 1 aliphatic rings. The van der Waals surface area contributed by atoms with E-state index in [1.54, 1.807) is 6.07 Å². The van der Waals surface area contributed by atoms with Crippen molar-refractivity contribution >= 4 is 46.1 Å². The molecule has 0 saturated carbocycles. The molecule has 3 rings (SSSR count). The second-order valence-electron chi connectivity index (χ2n) is 6.29. The number of halogens is 2. The molecule has 1 aromatic carbocycles. The summed E-state index contributed by atoms with van der Waals surface area (Å²) in [6.07, 6.45) is 1.52. The first kappa shape index (κ1) is 16.4. The van der Waals surface area contributed by atoms with Gasteiger partial charge in [-0.2, -0.15) is 0 Å². The number of hydrogen-bond donors (Lipinski definition) is 1. The van der Waals surface area contributed by atoms with Gasteiger partial charge in [-0.25, -0.2) is 4.98 Å². The van der Waals surface area contributed by atoms with Crippen LogP contribution in [-0.4, -0.2) is 28.5 Å². The largest absolute Gasteiger partial charge is 0.369 e. The Kier molecular flexibility index (Phi) is 4.43. The van der Waals surface area contributed by atoms with Crippen LogP contribution in [0.15, 0.2) is 12.1 Å². The van der Waals surface area contributed by atoms with Gasteiger partial charge in [0.2, 0.25) is 11.9 Å². The third kappa shape index (κ3) is 3.00. The Morgan fingerprint density at radius 3 is 2.43 bits per heavy atom. The van der Waals surface area contributed by atoms with Crippen LogP contribution in [-0.2, 0) is 4.79 Å². The third-order valence-electron chi connectivity index (χ3n) is 4.41. The fourth-order valence-electron chi connectivity index (χ4n) is 3.17. The van der Waals surface area contributed by atoms with E-state index >= 15 is 0 Å². The Hall–Kier alpha value is -1.46. The number of carbonyl (C=O) groups excluding carboxylic acids is 1. The first-order chi connectivity index (χ1) is 10.9. The summed E-state index contributed by atoms with van der Waals surface area (Å²) in [5.74, 6) is 0.656. The maximum atomic E-state index is 11.3. The minimum atomic E-state index is -0.208. The second-order valence-corrected chi connectivity index (χ2v) is 7.11. The average Bonchev–Trinajstić information content (AvgIpc) is 2.86. The second kappa shape index (κ2) is 6.21. The van der Waals surface area contributed by atoms with Gasteiger partial charge in [-0.05, 0) is 38.8 Å². The Labute approximate surface area is 145 Å². The number of anilines is 1. The average molecular weight is 355 g/mol. The van der Waals surface area contributed by atoms with Crippen molar-refractivity contribution in [3.05, 3.63) is 22.2 Å². The summed E-state index contributed by atoms with van der Waals surface area (Å²) < 4.78 is 2.17. The molecule has 0 unspecified atom stereocenters. The number of nitrogens with two attached hydrogens (primary N) is 1. The highest BCUT2D eigenvalue weighted by Crippen LogP contribution is 2.34. The van der Waals surface area contributed by atoms with E-state index in [2.05, 4.69) is 23.3 Å². The molecule has 0 atom stereocenters. The van der Waals surface area contributed by atoms with Crippen LogP contribution in [0.2, 0.25) is 10.0 Å². The summed E-state index contributed by atoms with van der Waals surface area (Å²) in [5, 5.41) is 1.03. The summed E-state index contributed by atoms with van der Waals surface area (Å²) in [6, 6.07) is 3.91. The summed E-state index contributed by atoms with van der Waals surface area (Å²) in [4.78, 5) is 18.3. The molecule has 23 heavy (non-hydrogen) atoms. The molecule has 1 fully saturated rings. The minimum absolute atomic E-state index is 0.0352. The molecule has 5 nitrogen and oxygen atoms in total. The van der Waals surface area contributed by atoms with Crippen LogP contribution in [0.5, 0.6) is 0 Å². The van der Waals surface area contributed by atoms with E-state index in [1.165, 1.54) is 0 Å². The monoisotopic (exact) mass is 354 g/mol. The minimum Gasteiger partial charge on any atom is -0.369 e. The number of amides is 1.